The van der Waals surface area contributed by atoms with Gasteiger partial charge in [0.1, 0.15) is 24.0 Å². The van der Waals surface area contributed by atoms with Crippen LogP contribution in [0.1, 0.15) is 35.4 Å². The van der Waals surface area contributed by atoms with Crippen LogP contribution in [0.2, 0.25) is 0 Å². The highest BCUT2D eigenvalue weighted by atomic mass is 19.4. The number of hydrogen-bond donors (Lipinski definition) is 3. The third-order valence-corrected chi connectivity index (χ3v) is 7.19. The molecule has 3 atom stereocenters. The lowest BCUT2D eigenvalue weighted by Gasteiger charge is -2.33. The Morgan fingerprint density at radius 1 is 1.07 bits per heavy atom. The maximum absolute atomic E-state index is 14.8. The van der Waals surface area contributed by atoms with Crippen molar-refractivity contribution >= 4 is 17.7 Å². The van der Waals surface area contributed by atoms with Gasteiger partial charge in [-0.15, -0.1) is 0 Å². The lowest BCUT2D eigenvalue weighted by molar-refractivity contribution is -0.143. The Labute approximate surface area is 249 Å². The first-order chi connectivity index (χ1) is 20.9. The normalized spacial score (nSPS) is 17.6. The molecule has 0 radical (unpaired) electrons. The first kappa shape index (κ1) is 32.7. The minimum absolute atomic E-state index is 0.0600. The predicted molar refractivity (Wildman–Crippen MR) is 148 cm³/mol. The van der Waals surface area contributed by atoms with Crippen molar-refractivity contribution in [2.24, 2.45) is 0 Å². The second kappa shape index (κ2) is 14.5. The molecule has 3 aromatic rings. The van der Waals surface area contributed by atoms with Gasteiger partial charge in [-0.1, -0.05) is 30.3 Å². The maximum Gasteiger partial charge on any atom is 0.407 e. The van der Waals surface area contributed by atoms with Crippen LogP contribution in [0.25, 0.3) is 0 Å². The third-order valence-electron chi connectivity index (χ3n) is 7.19. The number of rotatable bonds is 11. The van der Waals surface area contributed by atoms with Gasteiger partial charge in [0.05, 0.1) is 30.8 Å². The number of carbonyl (C=O) groups excluding carboxylic acids is 1. The van der Waals surface area contributed by atoms with Crippen LogP contribution < -0.4 is 10.6 Å². The average Bonchev–Trinajstić information content (AvgIpc) is 2.96. The van der Waals surface area contributed by atoms with Crippen LogP contribution >= 0.6 is 0 Å². The fraction of sp³-hybridized carbons (Fsp3) is 0.367. The van der Waals surface area contributed by atoms with Gasteiger partial charge in [0, 0.05) is 37.0 Å². The molecule has 1 fully saturated rings. The van der Waals surface area contributed by atoms with Crippen molar-refractivity contribution in [2.75, 3.05) is 31.6 Å². The zero-order chi connectivity index (χ0) is 31.9. The fourth-order valence-corrected chi connectivity index (χ4v) is 5.04. The van der Waals surface area contributed by atoms with E-state index in [1.54, 1.807) is 6.07 Å². The minimum Gasteiger partial charge on any atom is -0.465 e. The predicted octanol–water partition coefficient (Wildman–Crippen LogP) is 5.49. The number of aromatic nitrogens is 1. The Bertz CT molecular complexity index is 1430. The zero-order valence-electron chi connectivity index (χ0n) is 23.3. The molecule has 1 aliphatic rings. The van der Waals surface area contributed by atoms with E-state index in [4.69, 9.17) is 9.84 Å². The van der Waals surface area contributed by atoms with E-state index in [1.807, 2.05) is 0 Å². The summed E-state index contributed by atoms with van der Waals surface area (Å²) in [6.07, 6.45) is -4.45. The second-order valence-corrected chi connectivity index (χ2v) is 10.4. The van der Waals surface area contributed by atoms with E-state index in [9.17, 15) is 35.9 Å². The summed E-state index contributed by atoms with van der Waals surface area (Å²) in [4.78, 5) is 28.4. The van der Waals surface area contributed by atoms with Crippen LogP contribution in [0.5, 0.6) is 0 Å². The molecule has 1 aromatic heterocycles. The summed E-state index contributed by atoms with van der Waals surface area (Å²) in [6, 6.07) is 10.6. The van der Waals surface area contributed by atoms with Gasteiger partial charge >= 0.3 is 12.3 Å². The number of pyridine rings is 1. The molecule has 0 unspecified atom stereocenters. The molecule has 236 valence electrons. The number of carboxylic acid groups (broad SMARTS) is 1. The van der Waals surface area contributed by atoms with Crippen LogP contribution in [-0.4, -0.2) is 71.6 Å². The van der Waals surface area contributed by atoms with E-state index in [0.29, 0.717) is 5.56 Å². The molecule has 44 heavy (non-hydrogen) atoms. The molecule has 1 aliphatic heterocycles. The number of nitrogens with zero attached hydrogens (tertiary/aromatic N) is 2. The van der Waals surface area contributed by atoms with Gasteiger partial charge in [0.15, 0.2) is 0 Å². The van der Waals surface area contributed by atoms with Gasteiger partial charge in [0.2, 0.25) is 5.91 Å². The third kappa shape index (κ3) is 9.16. The molecule has 8 nitrogen and oxygen atoms in total. The quantitative estimate of drug-likeness (QED) is 0.244. The number of alkyl halides is 3. The van der Waals surface area contributed by atoms with Crippen molar-refractivity contribution in [2.45, 2.75) is 43.5 Å². The van der Waals surface area contributed by atoms with Crippen molar-refractivity contribution in [1.82, 2.24) is 15.2 Å². The van der Waals surface area contributed by atoms with Gasteiger partial charge in [-0.3, -0.25) is 14.7 Å². The highest BCUT2D eigenvalue weighted by Crippen LogP contribution is 2.31. The highest BCUT2D eigenvalue weighted by Gasteiger charge is 2.35. The molecular weight excluding hydrogens is 594 g/mol. The summed E-state index contributed by atoms with van der Waals surface area (Å²) < 4.78 is 86.9. The van der Waals surface area contributed by atoms with Crippen LogP contribution in [0, 0.1) is 17.5 Å². The van der Waals surface area contributed by atoms with Crippen molar-refractivity contribution in [3.63, 3.8) is 0 Å². The smallest absolute Gasteiger partial charge is 0.407 e. The molecule has 2 aromatic carbocycles. The van der Waals surface area contributed by atoms with Crippen molar-refractivity contribution in [3.8, 4) is 0 Å². The first-order valence-electron chi connectivity index (χ1n) is 13.7. The van der Waals surface area contributed by atoms with Crippen molar-refractivity contribution < 1.29 is 45.8 Å². The largest absolute Gasteiger partial charge is 0.465 e. The Morgan fingerprint density at radius 2 is 1.80 bits per heavy atom. The van der Waals surface area contributed by atoms with E-state index < -0.39 is 66.8 Å². The Hall–Kier alpha value is -4.17. The van der Waals surface area contributed by atoms with Gasteiger partial charge in [-0.05, 0) is 42.2 Å². The number of hydrogen-bond acceptors (Lipinski definition) is 5. The Kier molecular flexibility index (Phi) is 10.8. The van der Waals surface area contributed by atoms with Crippen molar-refractivity contribution in [1.29, 1.82) is 0 Å². The maximum atomic E-state index is 14.8. The number of anilines is 1. The van der Waals surface area contributed by atoms with Crippen LogP contribution in [0.4, 0.5) is 36.8 Å². The van der Waals surface area contributed by atoms with Gasteiger partial charge < -0.3 is 20.5 Å². The van der Waals surface area contributed by atoms with Gasteiger partial charge in [0.25, 0.3) is 0 Å². The summed E-state index contributed by atoms with van der Waals surface area (Å²) in [5, 5.41) is 14.7. The number of ether oxygens (including phenoxy) is 1. The monoisotopic (exact) mass is 624 g/mol. The molecule has 0 spiro atoms. The molecule has 0 saturated carbocycles. The van der Waals surface area contributed by atoms with E-state index in [2.05, 4.69) is 15.6 Å². The van der Waals surface area contributed by atoms with Crippen LogP contribution in [-0.2, 0) is 16.0 Å². The van der Waals surface area contributed by atoms with E-state index >= 15 is 0 Å². The number of nitrogens with one attached hydrogen (secondary N) is 2. The summed E-state index contributed by atoms with van der Waals surface area (Å²) in [5.41, 5.74) is 0.990. The highest BCUT2D eigenvalue weighted by molar-refractivity contribution is 5.92. The van der Waals surface area contributed by atoms with Crippen LogP contribution in [0.15, 0.2) is 60.9 Å². The molecule has 14 heteroatoms. The number of amides is 2. The SMILES string of the molecule is O=C(C[C@@H](c1ccc(F)cc1)c1ccccc1F)Nc1cncc(F)c1CC[C@@H]1CN[C@@H](CN(CC(F)(F)F)C(=O)O)CO1. The van der Waals surface area contributed by atoms with Crippen LogP contribution in [0.3, 0.4) is 0 Å². The molecular formula is C30H30F6N4O4. The van der Waals surface area contributed by atoms with Crippen molar-refractivity contribution in [3.05, 3.63) is 95.1 Å². The minimum atomic E-state index is -4.68. The lowest BCUT2D eigenvalue weighted by Crippen LogP contribution is -2.53. The van der Waals surface area contributed by atoms with E-state index in [1.165, 1.54) is 48.7 Å². The first-order valence-corrected chi connectivity index (χ1v) is 13.7. The second-order valence-electron chi connectivity index (χ2n) is 10.4. The molecule has 2 heterocycles. The Balaban J connectivity index is 1.38. The summed E-state index contributed by atoms with van der Waals surface area (Å²) in [7, 11) is 0. The molecule has 1 saturated heterocycles. The fourth-order valence-electron chi connectivity index (χ4n) is 5.04. The molecule has 2 amide bonds. The standard InChI is InChI=1S/C30H30F6N4O4/c31-19-7-5-18(6-8-19)24(22-3-1-2-4-25(22)32)11-28(41)39-27-14-37-13-26(33)23(27)10-9-21-12-38-20(16-44-21)15-40(29(42)43)17-30(34,35)36/h1-8,13-14,20-21,24,38H,9-12,15-17H2,(H,39,41)(H,42,43)/t20-,21+,24-/m0/s1. The lowest BCUT2D eigenvalue weighted by atomic mass is 9.88. The topological polar surface area (TPSA) is 104 Å². The number of benzene rings is 2. The Morgan fingerprint density at radius 3 is 2.43 bits per heavy atom. The molecule has 3 N–H and O–H groups in total. The summed E-state index contributed by atoms with van der Waals surface area (Å²) in [5.74, 6) is -3.03. The van der Waals surface area contributed by atoms with Gasteiger partial charge in [-0.25, -0.2) is 18.0 Å². The summed E-state index contributed by atoms with van der Waals surface area (Å²) >= 11 is 0. The van der Waals surface area contributed by atoms with Gasteiger partial charge in [-0.2, -0.15) is 13.2 Å². The van der Waals surface area contributed by atoms with E-state index in [0.717, 1.165) is 6.20 Å². The van der Waals surface area contributed by atoms with E-state index in [-0.39, 0.29) is 54.1 Å². The molecule has 0 aliphatic carbocycles. The number of halogens is 6. The zero-order valence-corrected chi connectivity index (χ0v) is 23.3. The number of morpholine rings is 1. The molecule has 4 rings (SSSR count). The number of carbonyl (C=O) groups is 2. The summed E-state index contributed by atoms with van der Waals surface area (Å²) in [6.45, 7) is -1.91. The molecule has 0 bridgehead atoms. The average molecular weight is 625 g/mol.